The highest BCUT2D eigenvalue weighted by Gasteiger charge is 1.96. The van der Waals surface area contributed by atoms with Crippen LogP contribution in [-0.2, 0) is 4.79 Å². The Labute approximate surface area is 61.4 Å². The average Bonchev–Trinajstić information content (AvgIpc) is 1.89. The molecule has 0 aromatic heterocycles. The Morgan fingerprint density at radius 1 is 1.50 bits per heavy atom. The van der Waals surface area contributed by atoms with Gasteiger partial charge in [0.15, 0.2) is 0 Å². The van der Waals surface area contributed by atoms with Gasteiger partial charge in [0, 0.05) is 6.42 Å². The zero-order chi connectivity index (χ0) is 7.82. The Kier molecular flexibility index (Phi) is 6.18. The number of carbonyl (C=O) groups is 1. The number of unbranched alkanes of at least 4 members (excludes halogenated alkanes) is 2. The first-order chi connectivity index (χ1) is 4.81. The molecule has 0 saturated carbocycles. The topological polar surface area (TPSA) is 49.3 Å². The van der Waals surface area contributed by atoms with Gasteiger partial charge in [0.25, 0.3) is 0 Å². The van der Waals surface area contributed by atoms with Crippen LogP contribution in [0.1, 0.15) is 32.6 Å². The fourth-order valence-electron chi connectivity index (χ4n) is 0.712. The molecular weight excluding hydrogens is 130 g/mol. The summed E-state index contributed by atoms with van der Waals surface area (Å²) in [6, 6.07) is 0. The summed E-state index contributed by atoms with van der Waals surface area (Å²) < 4.78 is 0. The molecule has 0 aliphatic rings. The van der Waals surface area contributed by atoms with Crippen molar-refractivity contribution in [3.8, 4) is 0 Å². The van der Waals surface area contributed by atoms with Crippen LogP contribution in [0.25, 0.3) is 0 Å². The van der Waals surface area contributed by atoms with Crippen LogP contribution in [0.3, 0.4) is 0 Å². The monoisotopic (exact) mass is 145 g/mol. The van der Waals surface area contributed by atoms with E-state index < -0.39 is 0 Å². The molecule has 0 heterocycles. The van der Waals surface area contributed by atoms with Crippen LogP contribution < -0.4 is 5.32 Å². The molecule has 0 aromatic carbocycles. The first-order valence-corrected chi connectivity index (χ1v) is 3.68. The number of aliphatic hydroxyl groups is 1. The van der Waals surface area contributed by atoms with Crippen molar-refractivity contribution in [3.05, 3.63) is 0 Å². The molecular formula is C7H15NO2. The van der Waals surface area contributed by atoms with Crippen LogP contribution in [0, 0.1) is 0 Å². The summed E-state index contributed by atoms with van der Waals surface area (Å²) in [4.78, 5) is 10.6. The van der Waals surface area contributed by atoms with Crippen LogP contribution >= 0.6 is 0 Å². The molecule has 0 spiro atoms. The molecule has 0 atom stereocenters. The van der Waals surface area contributed by atoms with Crippen molar-refractivity contribution < 1.29 is 9.90 Å². The van der Waals surface area contributed by atoms with E-state index in [1.54, 1.807) is 0 Å². The zero-order valence-electron chi connectivity index (χ0n) is 6.39. The van der Waals surface area contributed by atoms with Gasteiger partial charge in [-0.2, -0.15) is 0 Å². The van der Waals surface area contributed by atoms with E-state index in [0.717, 1.165) is 19.3 Å². The molecule has 0 bridgehead atoms. The molecule has 2 N–H and O–H groups in total. The Bertz CT molecular complexity index is 93.6. The lowest BCUT2D eigenvalue weighted by Crippen LogP contribution is -2.23. The van der Waals surface area contributed by atoms with Crippen LogP contribution in [0.2, 0.25) is 0 Å². The summed E-state index contributed by atoms with van der Waals surface area (Å²) in [5.74, 6) is -0.0593. The third kappa shape index (κ3) is 5.56. The van der Waals surface area contributed by atoms with Gasteiger partial charge >= 0.3 is 0 Å². The molecule has 3 heteroatoms. The normalized spacial score (nSPS) is 9.40. The van der Waals surface area contributed by atoms with Crippen molar-refractivity contribution in [1.82, 2.24) is 5.32 Å². The second-order valence-electron chi connectivity index (χ2n) is 2.22. The molecule has 60 valence electrons. The molecule has 0 saturated heterocycles. The fraction of sp³-hybridized carbons (Fsp3) is 0.857. The predicted octanol–water partition coefficient (Wildman–Crippen LogP) is 0.633. The van der Waals surface area contributed by atoms with Gasteiger partial charge in [-0.05, 0) is 6.42 Å². The maximum Gasteiger partial charge on any atom is 0.221 e. The molecule has 1 amide bonds. The summed E-state index contributed by atoms with van der Waals surface area (Å²) in [6.45, 7) is 1.84. The van der Waals surface area contributed by atoms with Gasteiger partial charge in [0.05, 0.1) is 0 Å². The summed E-state index contributed by atoms with van der Waals surface area (Å²) in [5.41, 5.74) is 0. The molecule has 0 unspecified atom stereocenters. The zero-order valence-corrected chi connectivity index (χ0v) is 6.39. The first kappa shape index (κ1) is 9.43. The Balaban J connectivity index is 3.05. The second kappa shape index (κ2) is 6.55. The largest absolute Gasteiger partial charge is 0.377 e. The number of rotatable bonds is 5. The molecule has 0 fully saturated rings. The molecule has 0 aliphatic carbocycles. The van der Waals surface area contributed by atoms with Gasteiger partial charge in [-0.3, -0.25) is 4.79 Å². The number of carbonyl (C=O) groups excluding carboxylic acids is 1. The number of amides is 1. The van der Waals surface area contributed by atoms with Gasteiger partial charge in [-0.15, -0.1) is 0 Å². The fourth-order valence-corrected chi connectivity index (χ4v) is 0.712. The smallest absolute Gasteiger partial charge is 0.221 e. The van der Waals surface area contributed by atoms with Gasteiger partial charge < -0.3 is 10.4 Å². The Morgan fingerprint density at radius 2 is 2.20 bits per heavy atom. The average molecular weight is 145 g/mol. The van der Waals surface area contributed by atoms with Crippen molar-refractivity contribution in [2.75, 3.05) is 6.73 Å². The summed E-state index contributed by atoms with van der Waals surface area (Å²) in [5, 5.41) is 10.6. The third-order valence-electron chi connectivity index (χ3n) is 1.28. The van der Waals surface area contributed by atoms with E-state index in [1.165, 1.54) is 0 Å². The van der Waals surface area contributed by atoms with Gasteiger partial charge in [-0.1, -0.05) is 19.8 Å². The van der Waals surface area contributed by atoms with Crippen molar-refractivity contribution in [1.29, 1.82) is 0 Å². The minimum Gasteiger partial charge on any atom is -0.377 e. The predicted molar refractivity (Wildman–Crippen MR) is 39.4 cm³/mol. The highest BCUT2D eigenvalue weighted by Crippen LogP contribution is 1.97. The van der Waals surface area contributed by atoms with E-state index in [-0.39, 0.29) is 12.6 Å². The number of hydrogen-bond acceptors (Lipinski definition) is 2. The lowest BCUT2D eigenvalue weighted by molar-refractivity contribution is -0.122. The van der Waals surface area contributed by atoms with Crippen LogP contribution in [0.4, 0.5) is 0 Å². The van der Waals surface area contributed by atoms with Crippen LogP contribution in [-0.4, -0.2) is 17.7 Å². The van der Waals surface area contributed by atoms with Crippen molar-refractivity contribution >= 4 is 5.91 Å². The first-order valence-electron chi connectivity index (χ1n) is 3.68. The van der Waals surface area contributed by atoms with Crippen molar-refractivity contribution in [2.45, 2.75) is 32.6 Å². The molecule has 0 aromatic rings. The van der Waals surface area contributed by atoms with E-state index in [9.17, 15) is 4.79 Å². The maximum absolute atomic E-state index is 10.6. The highest BCUT2D eigenvalue weighted by molar-refractivity contribution is 5.75. The van der Waals surface area contributed by atoms with Gasteiger partial charge in [0.1, 0.15) is 6.73 Å². The van der Waals surface area contributed by atoms with E-state index in [4.69, 9.17) is 5.11 Å². The Morgan fingerprint density at radius 3 is 2.70 bits per heavy atom. The third-order valence-corrected chi connectivity index (χ3v) is 1.28. The van der Waals surface area contributed by atoms with E-state index in [2.05, 4.69) is 12.2 Å². The lowest BCUT2D eigenvalue weighted by atomic mass is 10.2. The summed E-state index contributed by atoms with van der Waals surface area (Å²) in [6.07, 6.45) is 3.65. The van der Waals surface area contributed by atoms with Gasteiger partial charge in [0.2, 0.25) is 5.91 Å². The minimum atomic E-state index is -0.245. The lowest BCUT2D eigenvalue weighted by Gasteiger charge is -1.98. The van der Waals surface area contributed by atoms with Crippen molar-refractivity contribution in [3.63, 3.8) is 0 Å². The molecule has 3 nitrogen and oxygen atoms in total. The van der Waals surface area contributed by atoms with E-state index >= 15 is 0 Å². The van der Waals surface area contributed by atoms with Crippen LogP contribution in [0.5, 0.6) is 0 Å². The maximum atomic E-state index is 10.6. The molecule has 0 rings (SSSR count). The standard InChI is InChI=1S/C7H15NO2/c1-2-3-4-5-7(10)8-6-9/h9H,2-6H2,1H3,(H,8,10). The van der Waals surface area contributed by atoms with Gasteiger partial charge in [-0.25, -0.2) is 0 Å². The Hall–Kier alpha value is -0.570. The van der Waals surface area contributed by atoms with E-state index in [1.807, 2.05) is 0 Å². The molecule has 10 heavy (non-hydrogen) atoms. The summed E-state index contributed by atoms with van der Waals surface area (Å²) >= 11 is 0. The number of aliphatic hydroxyl groups excluding tert-OH is 1. The number of nitrogens with one attached hydrogen (secondary N) is 1. The van der Waals surface area contributed by atoms with Crippen LogP contribution in [0.15, 0.2) is 0 Å². The number of hydrogen-bond donors (Lipinski definition) is 2. The van der Waals surface area contributed by atoms with Crippen molar-refractivity contribution in [2.24, 2.45) is 0 Å². The highest BCUT2D eigenvalue weighted by atomic mass is 16.3. The van der Waals surface area contributed by atoms with E-state index in [0.29, 0.717) is 6.42 Å². The SMILES string of the molecule is CCCCCC(=O)NCO. The quantitative estimate of drug-likeness (QED) is 0.440. The summed E-state index contributed by atoms with van der Waals surface area (Å²) in [7, 11) is 0. The minimum absolute atomic E-state index is 0.0593. The molecule has 0 aliphatic heterocycles. The second-order valence-corrected chi connectivity index (χ2v) is 2.22. The molecule has 0 radical (unpaired) electrons.